The van der Waals surface area contributed by atoms with Crippen molar-refractivity contribution in [3.05, 3.63) is 0 Å². The number of carboxylic acid groups (broad SMARTS) is 1. The van der Waals surface area contributed by atoms with E-state index in [0.29, 0.717) is 0 Å². The van der Waals surface area contributed by atoms with Gasteiger partial charge in [0.1, 0.15) is 0 Å². The van der Waals surface area contributed by atoms with Crippen LogP contribution in [0.5, 0.6) is 0 Å². The molecule has 0 atom stereocenters. The summed E-state index contributed by atoms with van der Waals surface area (Å²) in [4.78, 5) is 16.4. The summed E-state index contributed by atoms with van der Waals surface area (Å²) >= 11 is 0. The summed E-state index contributed by atoms with van der Waals surface area (Å²) in [5, 5.41) is 9.56. The van der Waals surface area contributed by atoms with E-state index in [2.05, 4.69) is 30.6 Å². The highest BCUT2D eigenvalue weighted by atomic mass is 16.4. The van der Waals surface area contributed by atoms with Crippen LogP contribution in [0.4, 0.5) is 0 Å². The summed E-state index contributed by atoms with van der Waals surface area (Å²) < 4.78 is 0. The van der Waals surface area contributed by atoms with E-state index in [4.69, 9.17) is 0 Å². The lowest BCUT2D eigenvalue weighted by Crippen LogP contribution is -2.42. The van der Waals surface area contributed by atoms with Crippen LogP contribution >= 0.6 is 0 Å². The second-order valence-electron chi connectivity index (χ2n) is 6.04. The van der Waals surface area contributed by atoms with E-state index in [0.717, 1.165) is 71.4 Å². The highest BCUT2D eigenvalue weighted by molar-refractivity contribution is 5.75. The minimum atomic E-state index is -0.586. The monoisotopic (exact) mass is 284 g/mol. The normalized spacial score (nSPS) is 18.1. The molecule has 0 aromatic carbocycles. The summed E-state index contributed by atoms with van der Waals surface area (Å²) in [6.45, 7) is 12.5. The summed E-state index contributed by atoms with van der Waals surface area (Å²) in [6, 6.07) is 0. The minimum absolute atomic E-state index is 0.467. The molecule has 0 saturated heterocycles. The second kappa shape index (κ2) is 8.63. The molecule has 0 spiro atoms. The Bertz CT molecular complexity index is 284. The molecule has 1 N–H and O–H groups in total. The van der Waals surface area contributed by atoms with Crippen molar-refractivity contribution in [1.82, 2.24) is 9.80 Å². The van der Waals surface area contributed by atoms with E-state index in [9.17, 15) is 9.90 Å². The van der Waals surface area contributed by atoms with Gasteiger partial charge in [-0.2, -0.15) is 0 Å². The van der Waals surface area contributed by atoms with Gasteiger partial charge in [-0.05, 0) is 52.0 Å². The van der Waals surface area contributed by atoms with E-state index in [1.54, 1.807) is 0 Å². The van der Waals surface area contributed by atoms with Crippen LogP contribution in [0.25, 0.3) is 0 Å². The predicted molar refractivity (Wildman–Crippen MR) is 83.1 cm³/mol. The molecule has 4 heteroatoms. The molecule has 1 aliphatic rings. The van der Waals surface area contributed by atoms with Crippen molar-refractivity contribution in [3.63, 3.8) is 0 Å². The van der Waals surface area contributed by atoms with Crippen LogP contribution in [0.15, 0.2) is 0 Å². The molecule has 0 amide bonds. The second-order valence-corrected chi connectivity index (χ2v) is 6.04. The Morgan fingerprint density at radius 2 is 1.50 bits per heavy atom. The van der Waals surface area contributed by atoms with Crippen molar-refractivity contribution in [3.8, 4) is 0 Å². The molecule has 1 fully saturated rings. The van der Waals surface area contributed by atoms with E-state index in [1.165, 1.54) is 0 Å². The van der Waals surface area contributed by atoms with Crippen molar-refractivity contribution in [2.24, 2.45) is 5.41 Å². The summed E-state index contributed by atoms with van der Waals surface area (Å²) in [6.07, 6.45) is 4.99. The highest BCUT2D eigenvalue weighted by Gasteiger charge is 2.42. The summed E-state index contributed by atoms with van der Waals surface area (Å²) in [5.41, 5.74) is -0.467. The van der Waals surface area contributed by atoms with Gasteiger partial charge in [0.25, 0.3) is 0 Å². The van der Waals surface area contributed by atoms with Crippen LogP contribution < -0.4 is 0 Å². The molecule has 118 valence electrons. The molecule has 0 radical (unpaired) electrons. The van der Waals surface area contributed by atoms with Gasteiger partial charge in [0.05, 0.1) is 5.41 Å². The minimum Gasteiger partial charge on any atom is -0.481 e. The Morgan fingerprint density at radius 3 is 1.95 bits per heavy atom. The lowest BCUT2D eigenvalue weighted by Gasteiger charge is -2.32. The third-order valence-corrected chi connectivity index (χ3v) is 4.83. The molecule has 0 heterocycles. The number of carbonyl (C=O) groups is 1. The predicted octanol–water partition coefficient (Wildman–Crippen LogP) is 2.69. The van der Waals surface area contributed by atoms with Gasteiger partial charge in [-0.15, -0.1) is 0 Å². The Morgan fingerprint density at radius 1 is 1.00 bits per heavy atom. The lowest BCUT2D eigenvalue weighted by atomic mass is 9.85. The molecule has 1 rings (SSSR count). The number of nitrogens with zero attached hydrogens (tertiary/aromatic N) is 2. The fraction of sp³-hybridized carbons (Fsp3) is 0.938. The molecule has 4 nitrogen and oxygen atoms in total. The molecule has 0 aromatic heterocycles. The van der Waals surface area contributed by atoms with Crippen molar-refractivity contribution < 1.29 is 9.90 Å². The zero-order chi connectivity index (χ0) is 15.0. The van der Waals surface area contributed by atoms with Crippen LogP contribution in [0.3, 0.4) is 0 Å². The van der Waals surface area contributed by atoms with Crippen LogP contribution in [0, 0.1) is 5.41 Å². The number of carboxylic acids is 1. The molecule has 1 saturated carbocycles. The first-order chi connectivity index (χ1) is 9.57. The molecule has 0 unspecified atom stereocenters. The molecule has 1 aliphatic carbocycles. The Kier molecular flexibility index (Phi) is 7.52. The van der Waals surface area contributed by atoms with Crippen molar-refractivity contribution in [2.75, 3.05) is 39.3 Å². The maximum absolute atomic E-state index is 11.6. The van der Waals surface area contributed by atoms with Gasteiger partial charge in [0, 0.05) is 6.54 Å². The number of hydrogen-bond donors (Lipinski definition) is 1. The number of rotatable bonds is 10. The largest absolute Gasteiger partial charge is 0.481 e. The lowest BCUT2D eigenvalue weighted by molar-refractivity contribution is -0.149. The van der Waals surface area contributed by atoms with Gasteiger partial charge >= 0.3 is 5.97 Å². The van der Waals surface area contributed by atoms with E-state index in [-0.39, 0.29) is 0 Å². The standard InChI is InChI=1S/C16H32N2O2/c1-4-17(5-2)12-9-13-18(6-3)14-16(15(19)20)10-7-8-11-16/h4-14H2,1-3H3,(H,19,20). The number of hydrogen-bond acceptors (Lipinski definition) is 3. The molecule has 0 aliphatic heterocycles. The maximum atomic E-state index is 11.6. The first-order valence-corrected chi connectivity index (χ1v) is 8.26. The van der Waals surface area contributed by atoms with Gasteiger partial charge < -0.3 is 14.9 Å². The smallest absolute Gasteiger partial charge is 0.310 e. The van der Waals surface area contributed by atoms with Gasteiger partial charge in [0.15, 0.2) is 0 Å². The third-order valence-electron chi connectivity index (χ3n) is 4.83. The SMILES string of the molecule is CCN(CC)CCCN(CC)CC1(C(=O)O)CCCC1. The average Bonchev–Trinajstić information content (AvgIpc) is 2.92. The summed E-state index contributed by atoms with van der Waals surface area (Å²) in [7, 11) is 0. The van der Waals surface area contributed by atoms with E-state index < -0.39 is 11.4 Å². The zero-order valence-electron chi connectivity index (χ0n) is 13.5. The molecular formula is C16H32N2O2. The van der Waals surface area contributed by atoms with Crippen LogP contribution in [0.2, 0.25) is 0 Å². The van der Waals surface area contributed by atoms with E-state index >= 15 is 0 Å². The van der Waals surface area contributed by atoms with Gasteiger partial charge in [-0.1, -0.05) is 33.6 Å². The summed E-state index contributed by atoms with van der Waals surface area (Å²) in [5.74, 6) is -0.586. The maximum Gasteiger partial charge on any atom is 0.310 e. The average molecular weight is 284 g/mol. The molecule has 0 aromatic rings. The first-order valence-electron chi connectivity index (χ1n) is 8.26. The van der Waals surface area contributed by atoms with E-state index in [1.807, 2.05) is 0 Å². The quantitative estimate of drug-likeness (QED) is 0.670. The zero-order valence-corrected chi connectivity index (χ0v) is 13.5. The Balaban J connectivity index is 2.43. The van der Waals surface area contributed by atoms with Gasteiger partial charge in [-0.3, -0.25) is 4.79 Å². The Labute approximate surface area is 124 Å². The van der Waals surface area contributed by atoms with Crippen LogP contribution in [-0.2, 0) is 4.79 Å². The fourth-order valence-corrected chi connectivity index (χ4v) is 3.33. The topological polar surface area (TPSA) is 43.8 Å². The Hall–Kier alpha value is -0.610. The van der Waals surface area contributed by atoms with Gasteiger partial charge in [-0.25, -0.2) is 0 Å². The fourth-order valence-electron chi connectivity index (χ4n) is 3.33. The van der Waals surface area contributed by atoms with Crippen LogP contribution in [-0.4, -0.2) is 60.1 Å². The van der Waals surface area contributed by atoms with Gasteiger partial charge in [0.2, 0.25) is 0 Å². The molecule has 20 heavy (non-hydrogen) atoms. The first kappa shape index (κ1) is 17.4. The van der Waals surface area contributed by atoms with Crippen molar-refractivity contribution in [2.45, 2.75) is 52.9 Å². The molecule has 0 bridgehead atoms. The van der Waals surface area contributed by atoms with Crippen molar-refractivity contribution >= 4 is 5.97 Å². The number of aliphatic carboxylic acids is 1. The van der Waals surface area contributed by atoms with Crippen molar-refractivity contribution in [1.29, 1.82) is 0 Å². The molecular weight excluding hydrogens is 252 g/mol. The van der Waals surface area contributed by atoms with Crippen LogP contribution in [0.1, 0.15) is 52.9 Å². The third kappa shape index (κ3) is 4.74. The highest BCUT2D eigenvalue weighted by Crippen LogP contribution is 2.39.